The summed E-state index contributed by atoms with van der Waals surface area (Å²) in [6.07, 6.45) is 0. The minimum Gasteiger partial charge on any atom is -0.508 e. The number of fused-ring (bicyclic) bond motifs is 2. The molecule has 8 aromatic rings. The number of hydrogen-bond acceptors (Lipinski definition) is 4. The number of aromatic hydroxyl groups is 2. The maximum absolute atomic E-state index is 16.3. The van der Waals surface area contributed by atoms with Crippen molar-refractivity contribution in [1.82, 2.24) is 0 Å². The summed E-state index contributed by atoms with van der Waals surface area (Å²) in [5.41, 5.74) is 1.33. The van der Waals surface area contributed by atoms with Crippen molar-refractivity contribution < 1.29 is 19.3 Å². The molecule has 0 amide bonds. The molecule has 0 aliphatic carbocycles. The third-order valence-electron chi connectivity index (χ3n) is 9.37. The zero-order valence-corrected chi connectivity index (χ0v) is 28.7. The Morgan fingerprint density at radius 2 is 0.640 bits per heavy atom. The van der Waals surface area contributed by atoms with Crippen LogP contribution in [-0.4, -0.2) is 10.2 Å². The molecule has 0 atom stereocenters. The minimum atomic E-state index is -3.60. The molecular formula is C44H32O4P2. The van der Waals surface area contributed by atoms with Gasteiger partial charge in [0, 0.05) is 43.0 Å². The molecule has 50 heavy (non-hydrogen) atoms. The first-order valence-electron chi connectivity index (χ1n) is 16.3. The van der Waals surface area contributed by atoms with E-state index in [2.05, 4.69) is 0 Å². The van der Waals surface area contributed by atoms with Crippen LogP contribution in [0.4, 0.5) is 0 Å². The second-order valence-electron chi connectivity index (χ2n) is 12.3. The summed E-state index contributed by atoms with van der Waals surface area (Å²) in [6, 6.07) is 56.0. The van der Waals surface area contributed by atoms with Crippen LogP contribution in [0.2, 0.25) is 0 Å². The van der Waals surface area contributed by atoms with Crippen LogP contribution in [0.5, 0.6) is 11.5 Å². The Balaban J connectivity index is 1.61. The summed E-state index contributed by atoms with van der Waals surface area (Å²) >= 11 is 0. The second kappa shape index (κ2) is 12.7. The van der Waals surface area contributed by atoms with Crippen molar-refractivity contribution in [1.29, 1.82) is 0 Å². The van der Waals surface area contributed by atoms with Crippen molar-refractivity contribution in [2.45, 2.75) is 0 Å². The van der Waals surface area contributed by atoms with Gasteiger partial charge in [0.25, 0.3) is 0 Å². The molecular weight excluding hydrogens is 654 g/mol. The predicted molar refractivity (Wildman–Crippen MR) is 209 cm³/mol. The number of hydrogen-bond donors (Lipinski definition) is 2. The van der Waals surface area contributed by atoms with Gasteiger partial charge >= 0.3 is 0 Å². The van der Waals surface area contributed by atoms with Crippen molar-refractivity contribution in [3.8, 4) is 22.6 Å². The summed E-state index contributed by atoms with van der Waals surface area (Å²) in [7, 11) is -7.20. The van der Waals surface area contributed by atoms with E-state index in [-0.39, 0.29) is 11.5 Å². The van der Waals surface area contributed by atoms with E-state index in [9.17, 15) is 10.2 Å². The molecule has 0 spiro atoms. The van der Waals surface area contributed by atoms with Crippen molar-refractivity contribution >= 4 is 67.7 Å². The van der Waals surface area contributed by atoms with Gasteiger partial charge in [0.1, 0.15) is 11.5 Å². The van der Waals surface area contributed by atoms with E-state index < -0.39 is 14.3 Å². The van der Waals surface area contributed by atoms with Crippen LogP contribution in [0.1, 0.15) is 0 Å². The van der Waals surface area contributed by atoms with Crippen LogP contribution in [0.3, 0.4) is 0 Å². The molecule has 6 heteroatoms. The third-order valence-corrected chi connectivity index (χ3v) is 15.6. The van der Waals surface area contributed by atoms with E-state index in [0.29, 0.717) is 43.0 Å². The molecule has 0 aliphatic heterocycles. The van der Waals surface area contributed by atoms with Gasteiger partial charge < -0.3 is 19.3 Å². The van der Waals surface area contributed by atoms with Crippen LogP contribution in [0.25, 0.3) is 32.7 Å². The predicted octanol–water partition coefficient (Wildman–Crippen LogP) is 8.35. The van der Waals surface area contributed by atoms with Crippen LogP contribution >= 0.6 is 14.3 Å². The second-order valence-corrected chi connectivity index (χ2v) is 17.8. The lowest BCUT2D eigenvalue weighted by Crippen LogP contribution is -2.30. The quantitative estimate of drug-likeness (QED) is 0.165. The molecule has 0 bridgehead atoms. The highest BCUT2D eigenvalue weighted by Crippen LogP contribution is 2.52. The van der Waals surface area contributed by atoms with E-state index >= 15 is 9.13 Å². The molecule has 8 aromatic carbocycles. The van der Waals surface area contributed by atoms with Crippen LogP contribution in [-0.2, 0) is 9.13 Å². The fourth-order valence-electron chi connectivity index (χ4n) is 7.07. The van der Waals surface area contributed by atoms with Gasteiger partial charge in [-0.25, -0.2) is 0 Å². The first kappa shape index (κ1) is 31.6. The average Bonchev–Trinajstić information content (AvgIpc) is 3.17. The highest BCUT2D eigenvalue weighted by atomic mass is 31.2. The van der Waals surface area contributed by atoms with Crippen molar-refractivity contribution in [2.24, 2.45) is 0 Å². The maximum Gasteiger partial charge on any atom is 0.171 e. The Kier molecular flexibility index (Phi) is 8.00. The fourth-order valence-corrected chi connectivity index (χ4v) is 12.8. The first-order valence-corrected chi connectivity index (χ1v) is 19.8. The molecule has 0 aromatic heterocycles. The Bertz CT molecular complexity index is 2330. The van der Waals surface area contributed by atoms with E-state index in [4.69, 9.17) is 0 Å². The maximum atomic E-state index is 16.3. The number of phenolic OH excluding ortho intramolecular Hbond substituents is 2. The van der Waals surface area contributed by atoms with E-state index in [1.54, 1.807) is 24.3 Å². The standard InChI is InChI=1S/C44H32O4P2/c45-33-23-25-39-31(29-33)21-27-41(49(47,35-13-5-1-6-14-35)36-15-7-2-8-16-36)43(39)44-40-26-24-34(46)30-32(40)22-28-42(44)50(48,37-17-9-3-10-18-37)38-19-11-4-12-20-38/h1-30,45-46H. The lowest BCUT2D eigenvalue weighted by molar-refractivity contribution is 0.475. The summed E-state index contributed by atoms with van der Waals surface area (Å²) in [4.78, 5) is 0. The van der Waals surface area contributed by atoms with Gasteiger partial charge in [0.15, 0.2) is 14.3 Å². The van der Waals surface area contributed by atoms with Gasteiger partial charge in [-0.05, 0) is 57.9 Å². The lowest BCUT2D eigenvalue weighted by Gasteiger charge is -2.28. The number of phenols is 2. The molecule has 0 unspecified atom stereocenters. The van der Waals surface area contributed by atoms with E-state index in [1.165, 1.54) is 0 Å². The smallest absolute Gasteiger partial charge is 0.171 e. The van der Waals surface area contributed by atoms with Gasteiger partial charge in [-0.2, -0.15) is 0 Å². The topological polar surface area (TPSA) is 74.6 Å². The third kappa shape index (κ3) is 5.17. The molecule has 2 N–H and O–H groups in total. The molecule has 242 valence electrons. The van der Waals surface area contributed by atoms with Gasteiger partial charge in [-0.15, -0.1) is 0 Å². The van der Waals surface area contributed by atoms with Gasteiger partial charge in [-0.3, -0.25) is 0 Å². The van der Waals surface area contributed by atoms with E-state index in [1.807, 2.05) is 158 Å². The zero-order chi connectivity index (χ0) is 34.3. The molecule has 0 heterocycles. The van der Waals surface area contributed by atoms with Crippen molar-refractivity contribution in [2.75, 3.05) is 0 Å². The molecule has 0 saturated carbocycles. The van der Waals surface area contributed by atoms with Gasteiger partial charge in [0.05, 0.1) is 0 Å². The molecule has 4 nitrogen and oxygen atoms in total. The Labute approximate surface area is 290 Å². The minimum absolute atomic E-state index is 0.104. The van der Waals surface area contributed by atoms with Gasteiger partial charge in [0.2, 0.25) is 0 Å². The fraction of sp³-hybridized carbons (Fsp3) is 0. The Morgan fingerprint density at radius 3 is 0.940 bits per heavy atom. The Hall–Kier alpha value is -5.66. The summed E-state index contributed by atoms with van der Waals surface area (Å²) in [5.74, 6) is 0.209. The average molecular weight is 687 g/mol. The summed E-state index contributed by atoms with van der Waals surface area (Å²) in [6.45, 7) is 0. The molecule has 0 fully saturated rings. The van der Waals surface area contributed by atoms with Crippen LogP contribution < -0.4 is 31.8 Å². The largest absolute Gasteiger partial charge is 0.508 e. The highest BCUT2D eigenvalue weighted by Gasteiger charge is 2.38. The molecule has 0 aliphatic rings. The molecule has 0 saturated heterocycles. The van der Waals surface area contributed by atoms with Crippen molar-refractivity contribution in [3.05, 3.63) is 182 Å². The molecule has 8 rings (SSSR count). The summed E-state index contributed by atoms with van der Waals surface area (Å²) in [5, 5.41) is 28.1. The SMILES string of the molecule is O=P(c1ccccc1)(c1ccccc1)c1ccc2cc(O)ccc2c1-c1c(P(=O)(c2ccccc2)c2ccccc2)ccc2cc(O)ccc12. The van der Waals surface area contributed by atoms with Crippen molar-refractivity contribution in [3.63, 3.8) is 0 Å². The van der Waals surface area contributed by atoms with Crippen LogP contribution in [0.15, 0.2) is 182 Å². The van der Waals surface area contributed by atoms with Gasteiger partial charge in [-0.1, -0.05) is 146 Å². The number of rotatable bonds is 7. The normalized spacial score (nSPS) is 11.9. The first-order chi connectivity index (χ1) is 24.4. The molecule has 0 radical (unpaired) electrons. The van der Waals surface area contributed by atoms with E-state index in [0.717, 1.165) is 21.5 Å². The van der Waals surface area contributed by atoms with Crippen LogP contribution in [0, 0.1) is 0 Å². The number of benzene rings is 8. The Morgan fingerprint density at radius 1 is 0.340 bits per heavy atom. The zero-order valence-electron chi connectivity index (χ0n) is 26.9. The summed E-state index contributed by atoms with van der Waals surface area (Å²) < 4.78 is 32.5. The monoisotopic (exact) mass is 686 g/mol. The lowest BCUT2D eigenvalue weighted by atomic mass is 9.93. The highest BCUT2D eigenvalue weighted by molar-refractivity contribution is 7.86.